The lowest BCUT2D eigenvalue weighted by molar-refractivity contribution is 0.0730. The molecule has 4 aromatic rings. The topological polar surface area (TPSA) is 59.8 Å². The summed E-state index contributed by atoms with van der Waals surface area (Å²) in [6.07, 6.45) is 2.36. The molecule has 0 bridgehead atoms. The van der Waals surface area contributed by atoms with Gasteiger partial charge in [0.05, 0.1) is 17.0 Å². The number of fused-ring (bicyclic) bond motifs is 2. The number of carbonyl (C=O) groups is 1. The van der Waals surface area contributed by atoms with Crippen molar-refractivity contribution in [2.24, 2.45) is 0 Å². The molecule has 1 amide bonds. The maximum Gasteiger partial charge on any atom is 0.290 e. The fraction of sp³-hybridized carbons (Fsp3) is 0.200. The van der Waals surface area contributed by atoms with E-state index >= 15 is 0 Å². The minimum absolute atomic E-state index is 0.135. The summed E-state index contributed by atoms with van der Waals surface area (Å²) in [6, 6.07) is 20.7. The Bertz CT molecular complexity index is 1470. The lowest BCUT2D eigenvalue weighted by Gasteiger charge is -2.25. The second-order valence-corrected chi connectivity index (χ2v) is 8.91. The molecule has 0 aliphatic carbocycles. The van der Waals surface area contributed by atoms with Gasteiger partial charge in [0.15, 0.2) is 5.43 Å². The highest BCUT2D eigenvalue weighted by atomic mass is 16.5. The highest BCUT2D eigenvalue weighted by molar-refractivity contribution is 5.99. The van der Waals surface area contributed by atoms with E-state index in [0.29, 0.717) is 41.9 Å². The van der Waals surface area contributed by atoms with Gasteiger partial charge in [-0.25, -0.2) is 0 Å². The molecule has 5 nitrogen and oxygen atoms in total. The third kappa shape index (κ3) is 4.14. The average molecular weight is 466 g/mol. The van der Waals surface area contributed by atoms with Crippen LogP contribution in [0.1, 0.15) is 44.4 Å². The van der Waals surface area contributed by atoms with E-state index in [2.05, 4.69) is 6.58 Å². The quantitative estimate of drug-likeness (QED) is 0.326. The molecule has 35 heavy (non-hydrogen) atoms. The summed E-state index contributed by atoms with van der Waals surface area (Å²) in [5.41, 5.74) is 4.68. The van der Waals surface area contributed by atoms with E-state index in [1.807, 2.05) is 80.6 Å². The number of benzene rings is 3. The predicted molar refractivity (Wildman–Crippen MR) is 137 cm³/mol. The van der Waals surface area contributed by atoms with Gasteiger partial charge in [0.2, 0.25) is 5.76 Å². The van der Waals surface area contributed by atoms with Crippen LogP contribution in [0.25, 0.3) is 11.0 Å². The number of amides is 1. The molecule has 176 valence electrons. The average Bonchev–Trinajstić information content (AvgIpc) is 3.15. The van der Waals surface area contributed by atoms with E-state index in [-0.39, 0.29) is 17.1 Å². The number of aryl methyl sites for hydroxylation is 2. The van der Waals surface area contributed by atoms with Crippen LogP contribution in [-0.2, 0) is 6.42 Å². The molecule has 5 heteroatoms. The molecule has 1 aliphatic rings. The summed E-state index contributed by atoms with van der Waals surface area (Å²) in [5.74, 6) is 0.576. The number of carbonyl (C=O) groups excluding carboxylic acids is 1. The van der Waals surface area contributed by atoms with Crippen molar-refractivity contribution in [2.75, 3.05) is 13.2 Å². The zero-order valence-corrected chi connectivity index (χ0v) is 19.9. The molecule has 1 atom stereocenters. The summed E-state index contributed by atoms with van der Waals surface area (Å²) in [6.45, 7) is 8.48. The van der Waals surface area contributed by atoms with E-state index in [9.17, 15) is 9.59 Å². The van der Waals surface area contributed by atoms with Gasteiger partial charge >= 0.3 is 0 Å². The van der Waals surface area contributed by atoms with Crippen LogP contribution in [0.2, 0.25) is 0 Å². The standard InChI is InChI=1S/C30H27NO4/c1-4-16-34-23-12-10-22(11-13-23)27-26-28(32)24-17-19(2)20(3)18-25(24)35-29(26)30(33)31(27)15-14-21-8-6-5-7-9-21/h4-13,17-18,27H,1,14-16H2,2-3H3. The van der Waals surface area contributed by atoms with Crippen molar-refractivity contribution in [3.8, 4) is 5.75 Å². The lowest BCUT2D eigenvalue weighted by atomic mass is 9.97. The second-order valence-electron chi connectivity index (χ2n) is 8.91. The summed E-state index contributed by atoms with van der Waals surface area (Å²) < 4.78 is 11.7. The van der Waals surface area contributed by atoms with Gasteiger partial charge in [-0.15, -0.1) is 0 Å². The van der Waals surface area contributed by atoms with Crippen molar-refractivity contribution < 1.29 is 13.9 Å². The molecule has 5 rings (SSSR count). The van der Waals surface area contributed by atoms with Crippen molar-refractivity contribution in [3.63, 3.8) is 0 Å². The predicted octanol–water partition coefficient (Wildman–Crippen LogP) is 5.76. The number of nitrogens with zero attached hydrogens (tertiary/aromatic N) is 1. The summed E-state index contributed by atoms with van der Waals surface area (Å²) in [7, 11) is 0. The molecule has 1 aliphatic heterocycles. The molecule has 3 aromatic carbocycles. The lowest BCUT2D eigenvalue weighted by Crippen LogP contribution is -2.31. The van der Waals surface area contributed by atoms with Crippen LogP contribution in [0.3, 0.4) is 0 Å². The van der Waals surface area contributed by atoms with Gasteiger partial charge in [0, 0.05) is 6.54 Å². The monoisotopic (exact) mass is 465 g/mol. The smallest absolute Gasteiger partial charge is 0.290 e. The highest BCUT2D eigenvalue weighted by Crippen LogP contribution is 2.39. The van der Waals surface area contributed by atoms with Crippen LogP contribution in [0.15, 0.2) is 88.6 Å². The molecule has 0 fully saturated rings. The van der Waals surface area contributed by atoms with E-state index in [1.54, 1.807) is 11.0 Å². The number of rotatable bonds is 7. The van der Waals surface area contributed by atoms with Crippen molar-refractivity contribution in [1.29, 1.82) is 0 Å². The van der Waals surface area contributed by atoms with E-state index in [0.717, 1.165) is 22.3 Å². The molecule has 1 aromatic heterocycles. The molecule has 0 saturated carbocycles. The highest BCUT2D eigenvalue weighted by Gasteiger charge is 2.42. The van der Waals surface area contributed by atoms with Crippen LogP contribution in [0.4, 0.5) is 0 Å². The van der Waals surface area contributed by atoms with Gasteiger partial charge in [-0.05, 0) is 66.8 Å². The first kappa shape index (κ1) is 22.7. The number of ether oxygens (including phenoxy) is 1. The number of hydrogen-bond acceptors (Lipinski definition) is 4. The fourth-order valence-corrected chi connectivity index (χ4v) is 4.65. The number of hydrogen-bond donors (Lipinski definition) is 0. The molecule has 0 N–H and O–H groups in total. The van der Waals surface area contributed by atoms with Crippen molar-refractivity contribution in [2.45, 2.75) is 26.3 Å². The first-order valence-electron chi connectivity index (χ1n) is 11.7. The molecule has 0 radical (unpaired) electrons. The summed E-state index contributed by atoms with van der Waals surface area (Å²) >= 11 is 0. The van der Waals surface area contributed by atoms with Gasteiger partial charge in [0.1, 0.15) is 17.9 Å². The van der Waals surface area contributed by atoms with Crippen LogP contribution < -0.4 is 10.2 Å². The van der Waals surface area contributed by atoms with Gasteiger partial charge < -0.3 is 14.1 Å². The Morgan fingerprint density at radius 1 is 1.00 bits per heavy atom. The second kappa shape index (κ2) is 9.26. The minimum Gasteiger partial charge on any atom is -0.490 e. The molecular formula is C30H27NO4. The Balaban J connectivity index is 1.62. The Kier molecular flexibility index (Phi) is 6.00. The van der Waals surface area contributed by atoms with Gasteiger partial charge in [-0.1, -0.05) is 55.1 Å². The van der Waals surface area contributed by atoms with Crippen molar-refractivity contribution in [3.05, 3.63) is 123 Å². The van der Waals surface area contributed by atoms with E-state index in [4.69, 9.17) is 9.15 Å². The Morgan fingerprint density at radius 2 is 1.71 bits per heavy atom. The minimum atomic E-state index is -0.531. The van der Waals surface area contributed by atoms with Crippen LogP contribution in [-0.4, -0.2) is 24.0 Å². The van der Waals surface area contributed by atoms with Gasteiger partial charge in [0.25, 0.3) is 5.91 Å². The maximum absolute atomic E-state index is 13.8. The maximum atomic E-state index is 13.8. The summed E-state index contributed by atoms with van der Waals surface area (Å²) in [4.78, 5) is 29.1. The zero-order valence-electron chi connectivity index (χ0n) is 19.9. The molecule has 0 saturated heterocycles. The van der Waals surface area contributed by atoms with E-state index < -0.39 is 6.04 Å². The Morgan fingerprint density at radius 3 is 2.43 bits per heavy atom. The van der Waals surface area contributed by atoms with Gasteiger partial charge in [-0.3, -0.25) is 9.59 Å². The Labute approximate surface area is 204 Å². The third-order valence-corrected chi connectivity index (χ3v) is 6.63. The molecule has 1 unspecified atom stereocenters. The van der Waals surface area contributed by atoms with Crippen LogP contribution >= 0.6 is 0 Å². The summed E-state index contributed by atoms with van der Waals surface area (Å²) in [5, 5.41) is 0.500. The fourth-order valence-electron chi connectivity index (χ4n) is 4.65. The van der Waals surface area contributed by atoms with Gasteiger partial charge in [-0.2, -0.15) is 0 Å². The SMILES string of the molecule is C=CCOc1ccc(C2c3c(oc4cc(C)c(C)cc4c3=O)C(=O)N2CCc2ccccc2)cc1. The molecule has 0 spiro atoms. The molecular weight excluding hydrogens is 438 g/mol. The van der Waals surface area contributed by atoms with Crippen LogP contribution in [0.5, 0.6) is 5.75 Å². The normalized spacial score (nSPS) is 14.9. The third-order valence-electron chi connectivity index (χ3n) is 6.63. The first-order valence-corrected chi connectivity index (χ1v) is 11.7. The molecule has 2 heterocycles. The first-order chi connectivity index (χ1) is 17.0. The van der Waals surface area contributed by atoms with E-state index in [1.165, 1.54) is 0 Å². The largest absolute Gasteiger partial charge is 0.490 e. The Hall–Kier alpha value is -4.12. The zero-order chi connectivity index (χ0) is 24.5. The van der Waals surface area contributed by atoms with Crippen LogP contribution in [0, 0.1) is 13.8 Å². The van der Waals surface area contributed by atoms with Crippen molar-refractivity contribution >= 4 is 16.9 Å². The van der Waals surface area contributed by atoms with Crippen molar-refractivity contribution in [1.82, 2.24) is 4.90 Å².